The molecule has 1 aromatic heterocycles. The van der Waals surface area contributed by atoms with Gasteiger partial charge in [-0.25, -0.2) is 0 Å². The molecule has 1 heterocycles. The minimum Gasteiger partial charge on any atom is -0.508 e. The molecular formula is C24H26O6. The first-order chi connectivity index (χ1) is 14.2. The summed E-state index contributed by atoms with van der Waals surface area (Å²) in [5, 5.41) is 30.8. The Labute approximate surface area is 175 Å². The first-order valence-electron chi connectivity index (χ1n) is 9.59. The molecule has 2 rings (SSSR count). The topological polar surface area (TPSA) is 108 Å². The fourth-order valence-electron chi connectivity index (χ4n) is 3.08. The van der Waals surface area contributed by atoms with E-state index in [1.807, 2.05) is 0 Å². The molecule has 0 radical (unpaired) electrons. The Kier molecular flexibility index (Phi) is 7.95. The molecule has 6 heteroatoms. The Morgan fingerprint density at radius 2 is 1.80 bits per heavy atom. The molecular weight excluding hydrogens is 384 g/mol. The lowest BCUT2D eigenvalue weighted by molar-refractivity contribution is -0.117. The van der Waals surface area contributed by atoms with E-state index in [0.717, 1.165) is 0 Å². The Hall–Kier alpha value is -3.38. The van der Waals surface area contributed by atoms with Gasteiger partial charge < -0.3 is 19.7 Å². The van der Waals surface area contributed by atoms with Crippen molar-refractivity contribution >= 4 is 17.6 Å². The fraction of sp³-hybridized carbons (Fsp3) is 0.250. The highest BCUT2D eigenvalue weighted by atomic mass is 16.3. The molecule has 0 aliphatic carbocycles. The predicted octanol–water partition coefficient (Wildman–Crippen LogP) is 4.82. The summed E-state index contributed by atoms with van der Waals surface area (Å²) in [5.74, 6) is -0.946. The first-order valence-corrected chi connectivity index (χ1v) is 9.59. The zero-order valence-corrected chi connectivity index (χ0v) is 17.3. The summed E-state index contributed by atoms with van der Waals surface area (Å²) in [4.78, 5) is 24.8. The van der Waals surface area contributed by atoms with E-state index in [1.165, 1.54) is 18.4 Å². The molecule has 0 spiro atoms. The van der Waals surface area contributed by atoms with Crippen molar-refractivity contribution in [2.45, 2.75) is 39.7 Å². The van der Waals surface area contributed by atoms with E-state index in [0.29, 0.717) is 16.9 Å². The summed E-state index contributed by atoms with van der Waals surface area (Å²) in [5.41, 5.74) is 1.47. The molecule has 1 atom stereocenters. The predicted molar refractivity (Wildman–Crippen MR) is 114 cm³/mol. The molecule has 0 saturated heterocycles. The second-order valence-electron chi connectivity index (χ2n) is 6.97. The number of carbonyl (C=O) groups is 2. The van der Waals surface area contributed by atoms with Gasteiger partial charge in [-0.3, -0.25) is 9.59 Å². The lowest BCUT2D eigenvalue weighted by Crippen LogP contribution is -2.13. The molecule has 0 bridgehead atoms. The highest BCUT2D eigenvalue weighted by Crippen LogP contribution is 2.32. The van der Waals surface area contributed by atoms with Crippen LogP contribution in [0.5, 0.6) is 5.75 Å². The highest BCUT2D eigenvalue weighted by Gasteiger charge is 2.23. The number of ketones is 2. The maximum Gasteiger partial charge on any atom is 0.201 e. The Balaban J connectivity index is 2.30. The first kappa shape index (κ1) is 22.9. The van der Waals surface area contributed by atoms with Gasteiger partial charge in [-0.15, -0.1) is 0 Å². The quantitative estimate of drug-likeness (QED) is 0.311. The molecule has 0 aliphatic rings. The minimum atomic E-state index is -1.30. The van der Waals surface area contributed by atoms with E-state index in [4.69, 9.17) is 4.42 Å². The number of phenolic OH excluding ortho intramolecular Hbond substituents is 1. The van der Waals surface area contributed by atoms with E-state index in [2.05, 4.69) is 0 Å². The third-order valence-electron chi connectivity index (χ3n) is 4.56. The largest absolute Gasteiger partial charge is 0.508 e. The van der Waals surface area contributed by atoms with E-state index in [1.54, 1.807) is 57.2 Å². The number of furan rings is 1. The molecule has 2 aromatic rings. The standard InChI is InChI=1S/C24H26O6/c1-4-19(25)23(24(29)18-9-5-6-10-20(18)26)16(3)12-15(2)13-21(27)22(28)14-17-8-7-11-30-17/h5-12,14,24,26,28-29H,4,13H2,1-3H3/b15-12-,22-14-,23-16-. The number of hydrogen-bond donors (Lipinski definition) is 3. The molecule has 0 saturated carbocycles. The lowest BCUT2D eigenvalue weighted by Gasteiger charge is -2.17. The zero-order valence-electron chi connectivity index (χ0n) is 17.3. The van der Waals surface area contributed by atoms with Crippen molar-refractivity contribution in [2.24, 2.45) is 0 Å². The molecule has 0 fully saturated rings. The van der Waals surface area contributed by atoms with Crippen molar-refractivity contribution in [1.82, 2.24) is 0 Å². The van der Waals surface area contributed by atoms with E-state index in [9.17, 15) is 24.9 Å². The average molecular weight is 410 g/mol. The van der Waals surface area contributed by atoms with Crippen LogP contribution in [0.25, 0.3) is 6.08 Å². The number of aliphatic hydroxyl groups excluding tert-OH is 2. The molecule has 6 nitrogen and oxygen atoms in total. The maximum absolute atomic E-state index is 12.5. The lowest BCUT2D eigenvalue weighted by atomic mass is 9.91. The van der Waals surface area contributed by atoms with E-state index < -0.39 is 17.6 Å². The number of benzene rings is 1. The van der Waals surface area contributed by atoms with Crippen LogP contribution in [0, 0.1) is 0 Å². The van der Waals surface area contributed by atoms with Crippen molar-refractivity contribution in [2.75, 3.05) is 0 Å². The number of phenols is 1. The van der Waals surface area contributed by atoms with E-state index in [-0.39, 0.29) is 35.5 Å². The summed E-state index contributed by atoms with van der Waals surface area (Å²) in [6.07, 6.45) is 3.11. The highest BCUT2D eigenvalue weighted by molar-refractivity contribution is 5.99. The summed E-state index contributed by atoms with van der Waals surface area (Å²) in [6, 6.07) is 9.54. The van der Waals surface area contributed by atoms with Gasteiger partial charge in [-0.2, -0.15) is 0 Å². The number of carbonyl (C=O) groups excluding carboxylic acids is 2. The van der Waals surface area contributed by atoms with Gasteiger partial charge in [-0.1, -0.05) is 36.8 Å². The second kappa shape index (κ2) is 10.4. The molecule has 3 N–H and O–H groups in total. The van der Waals surface area contributed by atoms with Gasteiger partial charge in [0.15, 0.2) is 11.5 Å². The van der Waals surface area contributed by atoms with Crippen molar-refractivity contribution in [1.29, 1.82) is 0 Å². The summed E-state index contributed by atoms with van der Waals surface area (Å²) in [7, 11) is 0. The van der Waals surface area contributed by atoms with Crippen molar-refractivity contribution in [3.63, 3.8) is 0 Å². The minimum absolute atomic E-state index is 0.0688. The maximum atomic E-state index is 12.5. The van der Waals surface area contributed by atoms with Gasteiger partial charge in [-0.05, 0) is 37.6 Å². The Bertz CT molecular complexity index is 992. The van der Waals surface area contributed by atoms with Crippen LogP contribution in [0.1, 0.15) is 51.0 Å². The van der Waals surface area contributed by atoms with Crippen LogP contribution in [0.4, 0.5) is 0 Å². The van der Waals surface area contributed by atoms with Gasteiger partial charge in [0.05, 0.1) is 6.26 Å². The summed E-state index contributed by atoms with van der Waals surface area (Å²) in [6.45, 7) is 5.05. The monoisotopic (exact) mass is 410 g/mol. The number of aromatic hydroxyl groups is 1. The van der Waals surface area contributed by atoms with Gasteiger partial charge in [0, 0.05) is 30.1 Å². The smallest absolute Gasteiger partial charge is 0.201 e. The van der Waals surface area contributed by atoms with Crippen LogP contribution in [-0.4, -0.2) is 26.9 Å². The summed E-state index contributed by atoms with van der Waals surface area (Å²) < 4.78 is 5.08. The van der Waals surface area contributed by atoms with Gasteiger partial charge in [0.25, 0.3) is 0 Å². The SMILES string of the molecule is CCC(=O)/C(=C(C)/C=C(/C)CC(=O)/C(O)=C/c1ccco1)C(O)c1ccccc1O. The third-order valence-corrected chi connectivity index (χ3v) is 4.56. The fourth-order valence-corrected chi connectivity index (χ4v) is 3.08. The molecule has 1 aromatic carbocycles. The van der Waals surface area contributed by atoms with Gasteiger partial charge in [0.2, 0.25) is 5.78 Å². The number of Topliss-reactive ketones (excluding diaryl/α,β-unsaturated/α-hetero) is 2. The average Bonchev–Trinajstić information content (AvgIpc) is 3.20. The van der Waals surface area contributed by atoms with E-state index >= 15 is 0 Å². The van der Waals surface area contributed by atoms with Crippen LogP contribution in [0.3, 0.4) is 0 Å². The van der Waals surface area contributed by atoms with Crippen LogP contribution in [-0.2, 0) is 9.59 Å². The second-order valence-corrected chi connectivity index (χ2v) is 6.97. The molecule has 0 aliphatic heterocycles. The van der Waals surface area contributed by atoms with Crippen molar-refractivity contribution in [3.05, 3.63) is 82.5 Å². The molecule has 0 amide bonds. The number of para-hydroxylation sites is 1. The van der Waals surface area contributed by atoms with Gasteiger partial charge in [0.1, 0.15) is 17.6 Å². The molecule has 30 heavy (non-hydrogen) atoms. The van der Waals surface area contributed by atoms with Crippen molar-refractivity contribution in [3.8, 4) is 5.75 Å². The van der Waals surface area contributed by atoms with Crippen LogP contribution in [0.15, 0.2) is 75.6 Å². The number of allylic oxidation sites excluding steroid dienone is 4. The van der Waals surface area contributed by atoms with Crippen LogP contribution in [0.2, 0.25) is 0 Å². The summed E-state index contributed by atoms with van der Waals surface area (Å²) >= 11 is 0. The molecule has 1 unspecified atom stereocenters. The zero-order chi connectivity index (χ0) is 22.3. The number of rotatable bonds is 9. The normalized spacial score (nSPS) is 14.3. The van der Waals surface area contributed by atoms with Crippen molar-refractivity contribution < 1.29 is 29.3 Å². The number of hydrogen-bond acceptors (Lipinski definition) is 6. The molecule has 158 valence electrons. The van der Waals surface area contributed by atoms with Gasteiger partial charge >= 0.3 is 0 Å². The Morgan fingerprint density at radius 3 is 2.40 bits per heavy atom. The third kappa shape index (κ3) is 5.81. The van der Waals surface area contributed by atoms with Crippen LogP contribution < -0.4 is 0 Å². The van der Waals surface area contributed by atoms with Crippen LogP contribution >= 0.6 is 0 Å². The Morgan fingerprint density at radius 1 is 1.10 bits per heavy atom. The number of aliphatic hydroxyl groups is 2.